The number of fused-ring (bicyclic) bond motifs is 8. The van der Waals surface area contributed by atoms with Crippen LogP contribution in [0.15, 0.2) is 146 Å². The smallest absolute Gasteiger partial charge is 0.000763 e. The van der Waals surface area contributed by atoms with E-state index in [9.17, 15) is 0 Å². The molecule has 0 aromatic heterocycles. The molecule has 0 aliphatic heterocycles. The zero-order valence-electron chi connectivity index (χ0n) is 20.9. The van der Waals surface area contributed by atoms with Gasteiger partial charge < -0.3 is 0 Å². The molecule has 0 saturated heterocycles. The van der Waals surface area contributed by atoms with Gasteiger partial charge in [-0.05, 0) is 88.2 Å². The van der Waals surface area contributed by atoms with Crippen LogP contribution in [0.4, 0.5) is 0 Å². The van der Waals surface area contributed by atoms with Crippen molar-refractivity contribution >= 4 is 53.9 Å². The summed E-state index contributed by atoms with van der Waals surface area (Å²) >= 11 is 0. The van der Waals surface area contributed by atoms with Crippen molar-refractivity contribution in [3.05, 3.63) is 146 Å². The molecule has 0 aliphatic rings. The molecule has 0 radical (unpaired) electrons. The molecule has 176 valence electrons. The third-order valence-electron chi connectivity index (χ3n) is 7.98. The minimum Gasteiger partial charge on any atom is -0.0622 e. The predicted molar refractivity (Wildman–Crippen MR) is 165 cm³/mol. The molecule has 8 aromatic carbocycles. The fourth-order valence-electron chi connectivity index (χ4n) is 6.39. The molecule has 8 rings (SSSR count). The Balaban J connectivity index is 1.78. The zero-order chi connectivity index (χ0) is 25.1. The molecule has 0 saturated carbocycles. The largest absolute Gasteiger partial charge is 0.0622 e. The van der Waals surface area contributed by atoms with Gasteiger partial charge in [0.05, 0.1) is 0 Å². The van der Waals surface area contributed by atoms with Crippen molar-refractivity contribution in [1.29, 1.82) is 0 Å². The average molecular weight is 481 g/mol. The highest BCUT2D eigenvalue weighted by Crippen LogP contribution is 2.50. The first-order valence-corrected chi connectivity index (χ1v) is 13.2. The first kappa shape index (κ1) is 21.2. The molecule has 0 unspecified atom stereocenters. The van der Waals surface area contributed by atoms with Gasteiger partial charge in [0.1, 0.15) is 0 Å². The highest BCUT2D eigenvalue weighted by atomic mass is 14.2. The van der Waals surface area contributed by atoms with Crippen molar-refractivity contribution < 1.29 is 0 Å². The Morgan fingerprint density at radius 2 is 0.605 bits per heavy atom. The Hall–Kier alpha value is -4.94. The van der Waals surface area contributed by atoms with Crippen LogP contribution in [0.1, 0.15) is 0 Å². The highest BCUT2D eigenvalue weighted by molar-refractivity contribution is 6.37. The van der Waals surface area contributed by atoms with Gasteiger partial charge in [-0.1, -0.05) is 133 Å². The summed E-state index contributed by atoms with van der Waals surface area (Å²) in [5.41, 5.74) is 5.11. The molecule has 0 bridgehead atoms. The summed E-state index contributed by atoms with van der Waals surface area (Å²) in [5.74, 6) is 0. The van der Waals surface area contributed by atoms with E-state index in [4.69, 9.17) is 0 Å². The van der Waals surface area contributed by atoms with Crippen LogP contribution in [-0.2, 0) is 0 Å². The monoisotopic (exact) mass is 480 g/mol. The SMILES string of the molecule is c1ccc(-c2c3cc4ccccc4cc3c(-c3ccccc3)c3c4ccccc4c4ccccc4c23)cc1. The number of hydrogen-bond acceptors (Lipinski definition) is 0. The van der Waals surface area contributed by atoms with Crippen LogP contribution >= 0.6 is 0 Å². The summed E-state index contributed by atoms with van der Waals surface area (Å²) in [7, 11) is 0. The van der Waals surface area contributed by atoms with Crippen molar-refractivity contribution in [3.63, 3.8) is 0 Å². The van der Waals surface area contributed by atoms with E-state index >= 15 is 0 Å². The van der Waals surface area contributed by atoms with E-state index in [1.807, 2.05) is 0 Å². The molecule has 0 spiro atoms. The number of rotatable bonds is 2. The second kappa shape index (κ2) is 8.30. The summed E-state index contributed by atoms with van der Waals surface area (Å²) in [6.45, 7) is 0. The van der Waals surface area contributed by atoms with Gasteiger partial charge in [-0.3, -0.25) is 0 Å². The molecule has 0 amide bonds. The molecular formula is C38H24. The van der Waals surface area contributed by atoms with Gasteiger partial charge in [0.2, 0.25) is 0 Å². The average Bonchev–Trinajstić information content (AvgIpc) is 3.00. The number of hydrogen-bond donors (Lipinski definition) is 0. The maximum Gasteiger partial charge on any atom is -0.000763 e. The van der Waals surface area contributed by atoms with Crippen LogP contribution in [0, 0.1) is 0 Å². The third-order valence-corrected chi connectivity index (χ3v) is 7.98. The Labute approximate surface area is 221 Å². The lowest BCUT2D eigenvalue weighted by Crippen LogP contribution is -1.94. The molecule has 0 nitrogen and oxygen atoms in total. The quantitative estimate of drug-likeness (QED) is 0.170. The molecule has 0 aliphatic carbocycles. The Bertz CT molecular complexity index is 2000. The van der Waals surface area contributed by atoms with Crippen LogP contribution in [0.2, 0.25) is 0 Å². The second-order valence-corrected chi connectivity index (χ2v) is 10.1. The zero-order valence-corrected chi connectivity index (χ0v) is 20.9. The highest BCUT2D eigenvalue weighted by Gasteiger charge is 2.21. The standard InChI is InChI=1S/C38H24/c1-3-13-25(14-4-1)35-33-23-27-17-7-8-18-28(27)24-34(33)36(26-15-5-2-6-16-26)38-32-22-12-10-20-30(32)29-19-9-11-21-31(29)37(35)38/h1-24H. The van der Waals surface area contributed by atoms with Crippen molar-refractivity contribution in [2.75, 3.05) is 0 Å². The lowest BCUT2D eigenvalue weighted by Gasteiger charge is -2.22. The molecule has 0 fully saturated rings. The maximum absolute atomic E-state index is 2.41. The summed E-state index contributed by atoms with van der Waals surface area (Å²) in [6, 6.07) is 53.3. The normalized spacial score (nSPS) is 11.7. The Morgan fingerprint density at radius 1 is 0.263 bits per heavy atom. The van der Waals surface area contributed by atoms with Gasteiger partial charge in [0.25, 0.3) is 0 Å². The van der Waals surface area contributed by atoms with Crippen molar-refractivity contribution in [1.82, 2.24) is 0 Å². The molecule has 0 N–H and O–H groups in total. The summed E-state index contributed by atoms with van der Waals surface area (Å²) < 4.78 is 0. The van der Waals surface area contributed by atoms with E-state index in [0.717, 1.165) is 0 Å². The van der Waals surface area contributed by atoms with Gasteiger partial charge >= 0.3 is 0 Å². The van der Waals surface area contributed by atoms with Gasteiger partial charge in [-0.2, -0.15) is 0 Å². The van der Waals surface area contributed by atoms with Gasteiger partial charge in [-0.25, -0.2) is 0 Å². The predicted octanol–water partition coefficient (Wildman–Crippen LogP) is 10.8. The molecule has 0 heterocycles. The lowest BCUT2D eigenvalue weighted by atomic mass is 9.81. The van der Waals surface area contributed by atoms with Crippen molar-refractivity contribution in [3.8, 4) is 22.3 Å². The minimum absolute atomic E-state index is 1.25. The fraction of sp³-hybridized carbons (Fsp3) is 0. The van der Waals surface area contributed by atoms with Crippen LogP contribution in [-0.4, -0.2) is 0 Å². The Morgan fingerprint density at radius 3 is 1.03 bits per heavy atom. The van der Waals surface area contributed by atoms with E-state index in [2.05, 4.69) is 146 Å². The molecule has 0 atom stereocenters. The van der Waals surface area contributed by atoms with Crippen LogP contribution in [0.3, 0.4) is 0 Å². The lowest BCUT2D eigenvalue weighted by molar-refractivity contribution is 1.67. The van der Waals surface area contributed by atoms with E-state index in [-0.39, 0.29) is 0 Å². The third kappa shape index (κ3) is 3.04. The summed E-state index contributed by atoms with van der Waals surface area (Å²) in [6.07, 6.45) is 0. The van der Waals surface area contributed by atoms with Gasteiger partial charge in [0.15, 0.2) is 0 Å². The molecular weight excluding hydrogens is 456 g/mol. The first-order chi connectivity index (χ1) is 18.9. The van der Waals surface area contributed by atoms with E-state index < -0.39 is 0 Å². The summed E-state index contributed by atoms with van der Waals surface area (Å²) in [4.78, 5) is 0. The van der Waals surface area contributed by atoms with E-state index in [0.29, 0.717) is 0 Å². The van der Waals surface area contributed by atoms with Crippen molar-refractivity contribution in [2.24, 2.45) is 0 Å². The summed E-state index contributed by atoms with van der Waals surface area (Å²) in [5, 5.41) is 13.0. The van der Waals surface area contributed by atoms with Crippen LogP contribution in [0.5, 0.6) is 0 Å². The molecule has 8 aromatic rings. The van der Waals surface area contributed by atoms with Crippen LogP contribution in [0.25, 0.3) is 76.1 Å². The van der Waals surface area contributed by atoms with Gasteiger partial charge in [0, 0.05) is 0 Å². The maximum atomic E-state index is 2.41. The first-order valence-electron chi connectivity index (χ1n) is 13.2. The van der Waals surface area contributed by atoms with Gasteiger partial charge in [-0.15, -0.1) is 0 Å². The minimum atomic E-state index is 1.25. The second-order valence-electron chi connectivity index (χ2n) is 10.1. The van der Waals surface area contributed by atoms with Crippen molar-refractivity contribution in [2.45, 2.75) is 0 Å². The van der Waals surface area contributed by atoms with E-state index in [1.165, 1.54) is 76.1 Å². The topological polar surface area (TPSA) is 0 Å². The fourth-order valence-corrected chi connectivity index (χ4v) is 6.39. The number of benzene rings is 8. The molecule has 38 heavy (non-hydrogen) atoms. The Kier molecular flexibility index (Phi) is 4.62. The van der Waals surface area contributed by atoms with E-state index in [1.54, 1.807) is 0 Å². The molecule has 0 heteroatoms. The van der Waals surface area contributed by atoms with Crippen LogP contribution < -0.4 is 0 Å².